The molecule has 1 rings (SSSR count). The van der Waals surface area contributed by atoms with Crippen molar-refractivity contribution in [2.75, 3.05) is 0 Å². The first-order chi connectivity index (χ1) is 4.34. The monoisotopic (exact) mass is 126 g/mol. The molecule has 3 nitrogen and oxygen atoms in total. The second kappa shape index (κ2) is 2.62. The zero-order valence-corrected chi connectivity index (χ0v) is 5.66. The lowest BCUT2D eigenvalue weighted by Gasteiger charge is -1.98. The molecule has 0 aliphatic carbocycles. The van der Waals surface area contributed by atoms with Gasteiger partial charge in [-0.15, -0.1) is 5.10 Å². The molecule has 1 aromatic heterocycles. The summed E-state index contributed by atoms with van der Waals surface area (Å²) in [7, 11) is 0. The summed E-state index contributed by atoms with van der Waals surface area (Å²) in [6.07, 6.45) is 2.67. The van der Waals surface area contributed by atoms with Crippen molar-refractivity contribution in [1.82, 2.24) is 10.4 Å². The van der Waals surface area contributed by atoms with Crippen molar-refractivity contribution in [3.8, 4) is 0 Å². The first-order valence-corrected chi connectivity index (χ1v) is 3.11. The Labute approximate surface area is 54.0 Å². The topological polar surface area (TPSA) is 38.9 Å². The van der Waals surface area contributed by atoms with Gasteiger partial charge in [0.25, 0.3) is 0 Å². The van der Waals surface area contributed by atoms with Gasteiger partial charge in [0.1, 0.15) is 12.0 Å². The Morgan fingerprint density at radius 2 is 2.56 bits per heavy atom. The maximum Gasteiger partial charge on any atom is 0.147 e. The first kappa shape index (κ1) is 6.26. The normalized spacial score (nSPS) is 13.6. The molecule has 1 heterocycles. The minimum atomic E-state index is 0.469. The van der Waals surface area contributed by atoms with Gasteiger partial charge in [-0.05, 0) is 6.42 Å². The van der Waals surface area contributed by atoms with E-state index in [0.717, 1.165) is 12.1 Å². The highest BCUT2D eigenvalue weighted by molar-refractivity contribution is 4.95. The fraction of sp³-hybridized carbons (Fsp3) is 0.667. The number of hydrogen-bond donors (Lipinski definition) is 0. The quantitative estimate of drug-likeness (QED) is 0.604. The molecule has 1 aromatic rings. The van der Waals surface area contributed by atoms with E-state index in [2.05, 4.69) is 28.7 Å². The van der Waals surface area contributed by atoms with E-state index in [4.69, 9.17) is 0 Å². The molecule has 0 saturated heterocycles. The SMILES string of the molecule is CCC(C)c1conn1. The van der Waals surface area contributed by atoms with Crippen LogP contribution in [0.2, 0.25) is 0 Å². The number of rotatable bonds is 2. The fourth-order valence-corrected chi connectivity index (χ4v) is 0.596. The second-order valence-corrected chi connectivity index (χ2v) is 2.14. The van der Waals surface area contributed by atoms with E-state index >= 15 is 0 Å². The average molecular weight is 126 g/mol. The maximum atomic E-state index is 4.58. The Kier molecular flexibility index (Phi) is 1.82. The van der Waals surface area contributed by atoms with E-state index < -0.39 is 0 Å². The van der Waals surface area contributed by atoms with E-state index in [-0.39, 0.29) is 0 Å². The highest BCUT2D eigenvalue weighted by atomic mass is 16.5. The third kappa shape index (κ3) is 1.28. The molecule has 1 unspecified atom stereocenters. The molecule has 0 bridgehead atoms. The van der Waals surface area contributed by atoms with Crippen molar-refractivity contribution in [2.45, 2.75) is 26.2 Å². The molecule has 0 fully saturated rings. The molecule has 9 heavy (non-hydrogen) atoms. The van der Waals surface area contributed by atoms with Gasteiger partial charge in [0, 0.05) is 11.2 Å². The molecule has 0 aliphatic rings. The Morgan fingerprint density at radius 3 is 3.00 bits per heavy atom. The largest absolute Gasteiger partial charge is 0.345 e. The van der Waals surface area contributed by atoms with Crippen LogP contribution in [0.3, 0.4) is 0 Å². The Hall–Kier alpha value is -0.860. The molecule has 1 atom stereocenters. The minimum Gasteiger partial charge on any atom is -0.345 e. The number of aromatic nitrogens is 2. The second-order valence-electron chi connectivity index (χ2n) is 2.14. The number of nitrogens with zero attached hydrogens (tertiary/aromatic N) is 2. The van der Waals surface area contributed by atoms with Crippen molar-refractivity contribution >= 4 is 0 Å². The van der Waals surface area contributed by atoms with Crippen molar-refractivity contribution in [1.29, 1.82) is 0 Å². The van der Waals surface area contributed by atoms with Crippen molar-refractivity contribution in [2.24, 2.45) is 0 Å². The van der Waals surface area contributed by atoms with Crippen LogP contribution in [-0.4, -0.2) is 10.4 Å². The summed E-state index contributed by atoms with van der Waals surface area (Å²) in [5, 5.41) is 7.14. The molecule has 0 amide bonds. The minimum absolute atomic E-state index is 0.469. The standard InChI is InChI=1S/C6H10N2O/c1-3-5(2)6-4-9-8-7-6/h4-5H,3H2,1-2H3. The van der Waals surface area contributed by atoms with Gasteiger partial charge in [-0.3, -0.25) is 0 Å². The van der Waals surface area contributed by atoms with Crippen LogP contribution in [0, 0.1) is 0 Å². The van der Waals surface area contributed by atoms with Gasteiger partial charge in [-0.25, -0.2) is 0 Å². The molecule has 0 spiro atoms. The van der Waals surface area contributed by atoms with E-state index in [0.29, 0.717) is 5.92 Å². The third-order valence-electron chi connectivity index (χ3n) is 1.49. The molecule has 50 valence electrons. The van der Waals surface area contributed by atoms with Gasteiger partial charge in [0.05, 0.1) is 0 Å². The van der Waals surface area contributed by atoms with Crippen LogP contribution in [0.1, 0.15) is 31.9 Å². The van der Waals surface area contributed by atoms with Crippen LogP contribution in [0.5, 0.6) is 0 Å². The van der Waals surface area contributed by atoms with Crippen molar-refractivity contribution in [3.63, 3.8) is 0 Å². The van der Waals surface area contributed by atoms with Crippen molar-refractivity contribution in [3.05, 3.63) is 12.0 Å². The van der Waals surface area contributed by atoms with Gasteiger partial charge >= 0.3 is 0 Å². The zero-order valence-electron chi connectivity index (χ0n) is 5.66. The third-order valence-corrected chi connectivity index (χ3v) is 1.49. The molecule has 0 N–H and O–H groups in total. The molecule has 0 saturated carbocycles. The van der Waals surface area contributed by atoms with Gasteiger partial charge < -0.3 is 4.52 Å². The molecule has 3 heteroatoms. The summed E-state index contributed by atoms with van der Waals surface area (Å²) in [6.45, 7) is 4.21. The van der Waals surface area contributed by atoms with E-state index in [9.17, 15) is 0 Å². The lowest BCUT2D eigenvalue weighted by atomic mass is 10.1. The summed E-state index contributed by atoms with van der Waals surface area (Å²) in [5.41, 5.74) is 0.942. The molecule has 0 aromatic carbocycles. The lowest BCUT2D eigenvalue weighted by Crippen LogP contribution is -1.90. The molecular weight excluding hydrogens is 116 g/mol. The van der Waals surface area contributed by atoms with Crippen LogP contribution in [0.15, 0.2) is 10.8 Å². The summed E-state index contributed by atoms with van der Waals surface area (Å²) < 4.78 is 4.58. The van der Waals surface area contributed by atoms with Crippen LogP contribution < -0.4 is 0 Å². The van der Waals surface area contributed by atoms with Crippen LogP contribution in [0.25, 0.3) is 0 Å². The predicted octanol–water partition coefficient (Wildman–Crippen LogP) is 1.58. The van der Waals surface area contributed by atoms with Gasteiger partial charge in [-0.1, -0.05) is 13.8 Å². The highest BCUT2D eigenvalue weighted by Crippen LogP contribution is 2.13. The van der Waals surface area contributed by atoms with Crippen LogP contribution >= 0.6 is 0 Å². The number of hydrogen-bond acceptors (Lipinski definition) is 3. The smallest absolute Gasteiger partial charge is 0.147 e. The molecular formula is C6H10N2O. The van der Waals surface area contributed by atoms with Gasteiger partial charge in [0.15, 0.2) is 0 Å². The van der Waals surface area contributed by atoms with Gasteiger partial charge in [0.2, 0.25) is 0 Å². The Balaban J connectivity index is 2.65. The predicted molar refractivity (Wildman–Crippen MR) is 33.0 cm³/mol. The summed E-state index contributed by atoms with van der Waals surface area (Å²) in [6, 6.07) is 0. The van der Waals surface area contributed by atoms with Crippen molar-refractivity contribution < 1.29 is 4.52 Å². The summed E-state index contributed by atoms with van der Waals surface area (Å²) in [4.78, 5) is 0. The van der Waals surface area contributed by atoms with Crippen LogP contribution in [-0.2, 0) is 0 Å². The van der Waals surface area contributed by atoms with Crippen LogP contribution in [0.4, 0.5) is 0 Å². The van der Waals surface area contributed by atoms with E-state index in [1.807, 2.05) is 0 Å². The summed E-state index contributed by atoms with van der Waals surface area (Å²) in [5.74, 6) is 0.469. The molecule has 0 radical (unpaired) electrons. The Morgan fingerprint density at radius 1 is 1.78 bits per heavy atom. The highest BCUT2D eigenvalue weighted by Gasteiger charge is 2.04. The maximum absolute atomic E-state index is 4.58. The first-order valence-electron chi connectivity index (χ1n) is 3.11. The average Bonchev–Trinajstić information content (AvgIpc) is 2.37. The zero-order chi connectivity index (χ0) is 6.69. The van der Waals surface area contributed by atoms with Gasteiger partial charge in [-0.2, -0.15) is 0 Å². The lowest BCUT2D eigenvalue weighted by molar-refractivity contribution is 0.392. The van der Waals surface area contributed by atoms with E-state index in [1.54, 1.807) is 6.26 Å². The summed E-state index contributed by atoms with van der Waals surface area (Å²) >= 11 is 0. The van der Waals surface area contributed by atoms with E-state index in [1.165, 1.54) is 0 Å². The molecule has 0 aliphatic heterocycles. The Bertz CT molecular complexity index is 160. The fourth-order valence-electron chi connectivity index (χ4n) is 0.596.